The van der Waals surface area contributed by atoms with Gasteiger partial charge < -0.3 is 15.2 Å². The maximum Gasteiger partial charge on any atom is 0.307 e. The highest BCUT2D eigenvalue weighted by molar-refractivity contribution is 6.53. The van der Waals surface area contributed by atoms with E-state index in [1.54, 1.807) is 24.3 Å². The van der Waals surface area contributed by atoms with Crippen molar-refractivity contribution < 1.29 is 23.8 Å². The van der Waals surface area contributed by atoms with E-state index in [2.05, 4.69) is 20.6 Å². The minimum absolute atomic E-state index is 0.139. The van der Waals surface area contributed by atoms with Crippen LogP contribution in [0, 0.1) is 5.82 Å². The predicted molar refractivity (Wildman–Crippen MR) is 158 cm³/mol. The average Bonchev–Trinajstić information content (AvgIpc) is 3.63. The quantitative estimate of drug-likeness (QED) is 0.276. The highest BCUT2D eigenvalue weighted by Crippen LogP contribution is 2.34. The number of carboxylic acids is 1. The first-order valence-corrected chi connectivity index (χ1v) is 13.3. The summed E-state index contributed by atoms with van der Waals surface area (Å²) in [5.41, 5.74) is 6.29. The molecule has 0 saturated heterocycles. The zero-order valence-electron chi connectivity index (χ0n) is 22.7. The molecule has 0 unspecified atom stereocenters. The molecule has 4 aromatic rings. The van der Waals surface area contributed by atoms with Gasteiger partial charge >= 0.3 is 5.97 Å². The van der Waals surface area contributed by atoms with Crippen LogP contribution in [0.1, 0.15) is 16.7 Å². The minimum atomic E-state index is -0.980. The molecule has 0 saturated carbocycles. The van der Waals surface area contributed by atoms with Gasteiger partial charge in [0.05, 0.1) is 44.5 Å². The van der Waals surface area contributed by atoms with Gasteiger partial charge in [0.15, 0.2) is 0 Å². The van der Waals surface area contributed by atoms with Crippen LogP contribution in [0.5, 0.6) is 5.75 Å². The Balaban J connectivity index is 1.25. The molecule has 0 atom stereocenters. The number of nitrogens with zero attached hydrogens (tertiary/aromatic N) is 4. The highest BCUT2D eigenvalue weighted by Gasteiger charge is 2.28. The van der Waals surface area contributed by atoms with E-state index in [0.717, 1.165) is 28.9 Å². The smallest absolute Gasteiger partial charge is 0.307 e. The summed E-state index contributed by atoms with van der Waals surface area (Å²) in [6, 6.07) is 23.7. The Hall–Kier alpha value is -5.38. The Morgan fingerprint density at radius 1 is 1.00 bits per heavy atom. The molecule has 0 bridgehead atoms. The van der Waals surface area contributed by atoms with Gasteiger partial charge in [-0.15, -0.1) is 0 Å². The van der Waals surface area contributed by atoms with Crippen molar-refractivity contribution in [1.82, 2.24) is 0 Å². The van der Waals surface area contributed by atoms with Crippen LogP contribution in [0.4, 0.5) is 15.8 Å². The molecule has 42 heavy (non-hydrogen) atoms. The van der Waals surface area contributed by atoms with Crippen molar-refractivity contribution in [1.29, 1.82) is 0 Å². The Kier molecular flexibility index (Phi) is 7.18. The van der Waals surface area contributed by atoms with Crippen molar-refractivity contribution in [3.63, 3.8) is 0 Å². The summed E-state index contributed by atoms with van der Waals surface area (Å²) in [4.78, 5) is 28.5. The van der Waals surface area contributed by atoms with Crippen molar-refractivity contribution >= 4 is 29.0 Å². The number of rotatable bonds is 8. The first-order valence-electron chi connectivity index (χ1n) is 13.3. The van der Waals surface area contributed by atoms with Gasteiger partial charge in [0.1, 0.15) is 17.3 Å². The van der Waals surface area contributed by atoms with E-state index in [9.17, 15) is 14.7 Å². The van der Waals surface area contributed by atoms with Gasteiger partial charge in [-0.3, -0.25) is 14.6 Å². The minimum Gasteiger partial charge on any atom is -0.496 e. The van der Waals surface area contributed by atoms with Crippen LogP contribution >= 0.6 is 0 Å². The van der Waals surface area contributed by atoms with E-state index in [1.807, 2.05) is 53.5 Å². The summed E-state index contributed by atoms with van der Waals surface area (Å²) < 4.78 is 20.5. The van der Waals surface area contributed by atoms with Gasteiger partial charge in [-0.1, -0.05) is 47.7 Å². The molecule has 0 aliphatic carbocycles. The largest absolute Gasteiger partial charge is 0.496 e. The van der Waals surface area contributed by atoms with E-state index < -0.39 is 17.7 Å². The number of anilines is 2. The van der Waals surface area contributed by atoms with Crippen molar-refractivity contribution in [3.8, 4) is 28.0 Å². The number of hydrogen-bond donors (Lipinski definition) is 2. The normalized spacial score (nSPS) is 14.8. The van der Waals surface area contributed by atoms with Gasteiger partial charge in [0, 0.05) is 16.7 Å². The molecule has 4 aromatic carbocycles. The molecule has 0 aromatic heterocycles. The van der Waals surface area contributed by atoms with Crippen molar-refractivity contribution in [3.05, 3.63) is 101 Å². The van der Waals surface area contributed by atoms with Crippen molar-refractivity contribution in [2.24, 2.45) is 15.3 Å². The summed E-state index contributed by atoms with van der Waals surface area (Å²) in [6.07, 6.45) is -0.199. The first kappa shape index (κ1) is 26.8. The lowest BCUT2D eigenvalue weighted by Crippen LogP contribution is -2.14. The van der Waals surface area contributed by atoms with Crippen LogP contribution < -0.4 is 15.1 Å². The number of halogens is 1. The molecule has 1 amide bonds. The molecule has 6 rings (SSSR count). The molecule has 2 aliphatic heterocycles. The summed E-state index contributed by atoms with van der Waals surface area (Å²) in [7, 11) is 1.48. The fourth-order valence-corrected chi connectivity index (χ4v) is 5.11. The molecule has 210 valence electrons. The summed E-state index contributed by atoms with van der Waals surface area (Å²) in [5.74, 6) is -1.39. The fraction of sp³-hybridized carbons (Fsp3) is 0.156. The van der Waals surface area contributed by atoms with E-state index in [4.69, 9.17) is 4.74 Å². The maximum absolute atomic E-state index is 15.2. The van der Waals surface area contributed by atoms with Crippen molar-refractivity contribution in [2.75, 3.05) is 30.5 Å². The topological polar surface area (TPSA) is 116 Å². The van der Waals surface area contributed by atoms with E-state index in [-0.39, 0.29) is 18.7 Å². The highest BCUT2D eigenvalue weighted by atomic mass is 19.1. The number of fused-ring (bicyclic) bond motifs is 1. The molecule has 9 nitrogen and oxygen atoms in total. The number of carboxylic acid groups (broad SMARTS) is 1. The number of methoxy groups -OCH3 is 1. The first-order chi connectivity index (χ1) is 20.4. The second-order valence-electron chi connectivity index (χ2n) is 9.92. The molecule has 2 heterocycles. The lowest BCUT2D eigenvalue weighted by molar-refractivity contribution is -0.136. The average molecular weight is 564 g/mol. The Labute approximate surface area is 241 Å². The second-order valence-corrected chi connectivity index (χ2v) is 9.92. The van der Waals surface area contributed by atoms with E-state index >= 15 is 4.39 Å². The van der Waals surface area contributed by atoms with Gasteiger partial charge in [0.2, 0.25) is 0 Å². The predicted octanol–water partition coefficient (Wildman–Crippen LogP) is 5.92. The zero-order valence-corrected chi connectivity index (χ0v) is 22.7. The van der Waals surface area contributed by atoms with Crippen LogP contribution in [-0.2, 0) is 22.6 Å². The Bertz CT molecular complexity index is 1750. The number of ether oxygens (including phenoxy) is 1. The fourth-order valence-electron chi connectivity index (χ4n) is 5.11. The second kappa shape index (κ2) is 11.2. The van der Waals surface area contributed by atoms with Gasteiger partial charge in [-0.05, 0) is 58.7 Å². The number of aliphatic carboxylic acids is 1. The number of carbonyl (C=O) groups is 2. The third kappa shape index (κ3) is 5.34. The molecular formula is C32H26FN5O4. The van der Waals surface area contributed by atoms with Gasteiger partial charge in [-0.2, -0.15) is 5.11 Å². The van der Waals surface area contributed by atoms with Gasteiger partial charge in [0.25, 0.3) is 5.91 Å². The molecule has 2 aliphatic rings. The number of carbonyl (C=O) groups excluding carboxylic acids is 1. The molecule has 10 heteroatoms. The number of benzene rings is 4. The van der Waals surface area contributed by atoms with Crippen LogP contribution in [0.3, 0.4) is 0 Å². The van der Waals surface area contributed by atoms with Crippen LogP contribution in [0.15, 0.2) is 94.2 Å². The number of amides is 1. The lowest BCUT2D eigenvalue weighted by Gasteiger charge is -2.12. The van der Waals surface area contributed by atoms with E-state index in [0.29, 0.717) is 40.2 Å². The standard InChI is InChI=1S/C32H26FN5O4/c1-42-29-11-2-19(14-23(29)15-30(39)40)18-34-31-26-16-25(27(33)17-28(26)36-32(31)41)22-5-3-20(4-6-22)21-7-9-24(10-8-21)38-13-12-35-37-38/h2-11,14,16-17H,12-13,15,18H2,1H3,(H,39,40)(H,34,36,41). The summed E-state index contributed by atoms with van der Waals surface area (Å²) >= 11 is 0. The maximum atomic E-state index is 15.2. The number of aliphatic imine (C=N–C) groups is 1. The molecule has 0 radical (unpaired) electrons. The summed E-state index contributed by atoms with van der Waals surface area (Å²) in [5, 5.41) is 21.9. The SMILES string of the molecule is COc1ccc(CN=C2C(=O)Nc3cc(F)c(-c4ccc(-c5ccc(N6CCN=N6)cc5)cc4)cc32)cc1CC(=O)O. The van der Waals surface area contributed by atoms with Crippen molar-refractivity contribution in [2.45, 2.75) is 13.0 Å². The monoisotopic (exact) mass is 563 g/mol. The number of hydrogen-bond acceptors (Lipinski definition) is 7. The third-order valence-electron chi connectivity index (χ3n) is 7.21. The third-order valence-corrected chi connectivity index (χ3v) is 7.21. The lowest BCUT2D eigenvalue weighted by atomic mass is 9.97. The molecule has 0 spiro atoms. The van der Waals surface area contributed by atoms with Crippen LogP contribution in [-0.4, -0.2) is 42.9 Å². The Morgan fingerprint density at radius 3 is 2.38 bits per heavy atom. The zero-order chi connectivity index (χ0) is 29.2. The summed E-state index contributed by atoms with van der Waals surface area (Å²) in [6.45, 7) is 1.60. The molecule has 0 fully saturated rings. The molecule has 2 N–H and O–H groups in total. The van der Waals surface area contributed by atoms with E-state index in [1.165, 1.54) is 13.2 Å². The Morgan fingerprint density at radius 2 is 1.71 bits per heavy atom. The molecular weight excluding hydrogens is 537 g/mol. The van der Waals surface area contributed by atoms with Crippen LogP contribution in [0.25, 0.3) is 22.3 Å². The van der Waals surface area contributed by atoms with Gasteiger partial charge in [-0.25, -0.2) is 9.40 Å². The van der Waals surface area contributed by atoms with Crippen LogP contribution in [0.2, 0.25) is 0 Å². The number of nitrogens with one attached hydrogen (secondary N) is 1.